The average Bonchev–Trinajstić information content (AvgIpc) is 2.47. The van der Waals surface area contributed by atoms with E-state index < -0.39 is 11.7 Å². The lowest BCUT2D eigenvalue weighted by molar-refractivity contribution is -0.136. The molecular formula is C6H2ClF3N4. The van der Waals surface area contributed by atoms with Gasteiger partial charge in [-0.2, -0.15) is 17.7 Å². The van der Waals surface area contributed by atoms with E-state index in [4.69, 9.17) is 11.6 Å². The van der Waals surface area contributed by atoms with E-state index in [2.05, 4.69) is 15.5 Å². The molecule has 0 aromatic carbocycles. The average molecular weight is 223 g/mol. The molecule has 0 aliphatic rings. The van der Waals surface area contributed by atoms with Crippen LogP contribution in [0.1, 0.15) is 5.56 Å². The van der Waals surface area contributed by atoms with E-state index >= 15 is 0 Å². The summed E-state index contributed by atoms with van der Waals surface area (Å²) >= 11 is 5.47. The summed E-state index contributed by atoms with van der Waals surface area (Å²) in [6.07, 6.45) is -3.31. The summed E-state index contributed by atoms with van der Waals surface area (Å²) in [5, 5.41) is 9.62. The van der Waals surface area contributed by atoms with Gasteiger partial charge in [-0.1, -0.05) is 11.6 Å². The molecule has 2 aromatic rings. The van der Waals surface area contributed by atoms with Crippen LogP contribution in [-0.2, 0) is 6.18 Å². The Morgan fingerprint density at radius 1 is 1.36 bits per heavy atom. The molecule has 14 heavy (non-hydrogen) atoms. The summed E-state index contributed by atoms with van der Waals surface area (Å²) in [6.45, 7) is 0. The second-order valence-corrected chi connectivity index (χ2v) is 2.95. The maximum Gasteiger partial charge on any atom is 0.420 e. The van der Waals surface area contributed by atoms with E-state index in [0.29, 0.717) is 0 Å². The van der Waals surface area contributed by atoms with Gasteiger partial charge in [0.25, 0.3) is 0 Å². The molecule has 0 unspecified atom stereocenters. The molecule has 0 spiro atoms. The number of hydrogen-bond acceptors (Lipinski definition) is 3. The minimum atomic E-state index is -4.51. The van der Waals surface area contributed by atoms with Crippen molar-refractivity contribution in [3.63, 3.8) is 0 Å². The molecule has 0 aliphatic heterocycles. The predicted octanol–water partition coefficient (Wildman–Crippen LogP) is 1.80. The van der Waals surface area contributed by atoms with Crippen LogP contribution in [0.5, 0.6) is 0 Å². The summed E-state index contributed by atoms with van der Waals surface area (Å²) in [4.78, 5) is 0. The second kappa shape index (κ2) is 2.81. The molecule has 4 nitrogen and oxygen atoms in total. The van der Waals surface area contributed by atoms with Gasteiger partial charge < -0.3 is 0 Å². The summed E-state index contributed by atoms with van der Waals surface area (Å²) in [7, 11) is 0. The Balaban J connectivity index is 2.80. The second-order valence-electron chi connectivity index (χ2n) is 2.52. The molecule has 8 heteroatoms. The van der Waals surface area contributed by atoms with Crippen molar-refractivity contribution in [3.05, 3.63) is 22.8 Å². The van der Waals surface area contributed by atoms with E-state index in [9.17, 15) is 13.2 Å². The zero-order chi connectivity index (χ0) is 10.3. The summed E-state index contributed by atoms with van der Waals surface area (Å²) < 4.78 is 38.1. The van der Waals surface area contributed by atoms with E-state index in [1.165, 1.54) is 6.20 Å². The van der Waals surface area contributed by atoms with Crippen molar-refractivity contribution in [2.75, 3.05) is 0 Å². The van der Waals surface area contributed by atoms with E-state index in [-0.39, 0.29) is 10.7 Å². The number of pyridine rings is 1. The fourth-order valence-electron chi connectivity index (χ4n) is 1.02. The van der Waals surface area contributed by atoms with Crippen LogP contribution in [0.3, 0.4) is 0 Å². The van der Waals surface area contributed by atoms with Gasteiger partial charge in [-0.25, -0.2) is 0 Å². The molecule has 0 atom stereocenters. The fraction of sp³-hybridized carbons (Fsp3) is 0.167. The van der Waals surface area contributed by atoms with Crippen LogP contribution in [-0.4, -0.2) is 20.0 Å². The van der Waals surface area contributed by atoms with Gasteiger partial charge >= 0.3 is 6.18 Å². The Bertz CT molecular complexity index is 477. The topological polar surface area (TPSA) is 43.1 Å². The minimum absolute atomic E-state index is 0.0721. The zero-order valence-electron chi connectivity index (χ0n) is 6.46. The van der Waals surface area contributed by atoms with Crippen LogP contribution in [0.15, 0.2) is 12.3 Å². The van der Waals surface area contributed by atoms with E-state index in [1.54, 1.807) is 0 Å². The molecule has 0 saturated carbocycles. The minimum Gasteiger partial charge on any atom is -0.199 e. The molecule has 74 valence electrons. The number of halogens is 4. The third-order valence-electron chi connectivity index (χ3n) is 1.57. The number of rotatable bonds is 0. The molecule has 2 heterocycles. The lowest BCUT2D eigenvalue weighted by atomic mass is 10.2. The van der Waals surface area contributed by atoms with Gasteiger partial charge in [-0.05, 0) is 16.5 Å². The molecular weight excluding hydrogens is 221 g/mol. The molecule has 0 radical (unpaired) electrons. The Hall–Kier alpha value is -1.37. The summed E-state index contributed by atoms with van der Waals surface area (Å²) in [5.74, 6) is 0. The van der Waals surface area contributed by atoms with Gasteiger partial charge in [-0.3, -0.25) is 0 Å². The number of fused-ring (bicyclic) bond motifs is 1. The van der Waals surface area contributed by atoms with Gasteiger partial charge in [0.05, 0.1) is 11.2 Å². The lowest BCUT2D eigenvalue weighted by Gasteiger charge is -2.06. The van der Waals surface area contributed by atoms with E-state index in [1.807, 2.05) is 0 Å². The SMILES string of the molecule is FC(F)(F)c1cc(Cl)cn2nnnc12. The normalized spacial score (nSPS) is 12.3. The van der Waals surface area contributed by atoms with Crippen LogP contribution < -0.4 is 0 Å². The fourth-order valence-corrected chi connectivity index (χ4v) is 1.22. The van der Waals surface area contributed by atoms with Crippen molar-refractivity contribution in [2.24, 2.45) is 0 Å². The number of hydrogen-bond donors (Lipinski definition) is 0. The van der Waals surface area contributed by atoms with Crippen LogP contribution in [0.25, 0.3) is 5.65 Å². The molecule has 2 aromatic heterocycles. The highest BCUT2D eigenvalue weighted by atomic mass is 35.5. The maximum atomic E-state index is 12.4. The number of nitrogens with zero attached hydrogens (tertiary/aromatic N) is 4. The Morgan fingerprint density at radius 2 is 2.07 bits per heavy atom. The number of alkyl halides is 3. The summed E-state index contributed by atoms with van der Waals surface area (Å²) in [5.41, 5.74) is -1.31. The predicted molar refractivity (Wildman–Crippen MR) is 40.8 cm³/mol. The molecule has 0 saturated heterocycles. The first-order valence-corrected chi connectivity index (χ1v) is 3.81. The number of aromatic nitrogens is 4. The molecule has 0 fully saturated rings. The Morgan fingerprint density at radius 3 is 2.71 bits per heavy atom. The van der Waals surface area contributed by atoms with Crippen molar-refractivity contribution >= 4 is 17.2 Å². The Labute approximate surface area is 80.3 Å². The van der Waals surface area contributed by atoms with Crippen LogP contribution in [0, 0.1) is 0 Å². The van der Waals surface area contributed by atoms with Crippen molar-refractivity contribution < 1.29 is 13.2 Å². The van der Waals surface area contributed by atoms with E-state index in [0.717, 1.165) is 10.6 Å². The zero-order valence-corrected chi connectivity index (χ0v) is 7.21. The first-order valence-electron chi connectivity index (χ1n) is 3.43. The third-order valence-corrected chi connectivity index (χ3v) is 1.77. The van der Waals surface area contributed by atoms with Crippen molar-refractivity contribution in [1.29, 1.82) is 0 Å². The van der Waals surface area contributed by atoms with Crippen molar-refractivity contribution in [2.45, 2.75) is 6.18 Å². The largest absolute Gasteiger partial charge is 0.420 e. The lowest BCUT2D eigenvalue weighted by Crippen LogP contribution is -2.08. The summed E-state index contributed by atoms with van der Waals surface area (Å²) in [6, 6.07) is 0.785. The van der Waals surface area contributed by atoms with Crippen molar-refractivity contribution in [1.82, 2.24) is 20.0 Å². The van der Waals surface area contributed by atoms with Crippen LogP contribution in [0.2, 0.25) is 5.02 Å². The first-order chi connectivity index (χ1) is 6.48. The molecule has 0 aliphatic carbocycles. The van der Waals surface area contributed by atoms with Crippen LogP contribution >= 0.6 is 11.6 Å². The third kappa shape index (κ3) is 1.39. The van der Waals surface area contributed by atoms with Gasteiger partial charge in [-0.15, -0.1) is 5.10 Å². The van der Waals surface area contributed by atoms with Gasteiger partial charge in [0.2, 0.25) is 0 Å². The van der Waals surface area contributed by atoms with Gasteiger partial charge in [0.1, 0.15) is 5.56 Å². The van der Waals surface area contributed by atoms with Gasteiger partial charge in [0.15, 0.2) is 5.65 Å². The van der Waals surface area contributed by atoms with Crippen LogP contribution in [0.4, 0.5) is 13.2 Å². The first kappa shape index (κ1) is 9.20. The highest BCUT2D eigenvalue weighted by Crippen LogP contribution is 2.32. The molecule has 0 N–H and O–H groups in total. The molecule has 0 amide bonds. The maximum absolute atomic E-state index is 12.4. The molecule has 0 bridgehead atoms. The highest BCUT2D eigenvalue weighted by molar-refractivity contribution is 6.30. The highest BCUT2D eigenvalue weighted by Gasteiger charge is 2.34. The smallest absolute Gasteiger partial charge is 0.199 e. The van der Waals surface area contributed by atoms with Crippen molar-refractivity contribution in [3.8, 4) is 0 Å². The number of tetrazole rings is 1. The monoisotopic (exact) mass is 222 g/mol. The standard InChI is InChI=1S/C6H2ClF3N4/c7-3-1-4(6(8,9)10)5-11-12-13-14(5)2-3/h1-2H. The van der Waals surface area contributed by atoms with Gasteiger partial charge in [0, 0.05) is 0 Å². The quantitative estimate of drug-likeness (QED) is 0.683. The molecule has 2 rings (SSSR count). The Kier molecular flexibility index (Phi) is 1.84.